The van der Waals surface area contributed by atoms with Gasteiger partial charge in [-0.15, -0.1) is 0 Å². The molecule has 6 heteroatoms. The molecule has 0 saturated carbocycles. The van der Waals surface area contributed by atoms with Gasteiger partial charge >= 0.3 is 6.09 Å². The lowest BCUT2D eigenvalue weighted by Crippen LogP contribution is -2.66. The molecule has 3 saturated heterocycles. The van der Waals surface area contributed by atoms with Gasteiger partial charge in [-0.25, -0.2) is 4.79 Å². The third-order valence-corrected chi connectivity index (χ3v) is 4.64. The van der Waals surface area contributed by atoms with Crippen molar-refractivity contribution in [2.45, 2.75) is 43.8 Å². The Kier molecular flexibility index (Phi) is 3.57. The summed E-state index contributed by atoms with van der Waals surface area (Å²) in [6.07, 6.45) is 2.69. The second-order valence-electron chi connectivity index (χ2n) is 5.95. The van der Waals surface area contributed by atoms with Crippen LogP contribution < -0.4 is 0 Å². The Morgan fingerprint density at radius 3 is 2.75 bits per heavy atom. The average molecular weight is 279 g/mol. The summed E-state index contributed by atoms with van der Waals surface area (Å²) in [5.41, 5.74) is -0.447. The van der Waals surface area contributed by atoms with Crippen molar-refractivity contribution in [1.29, 1.82) is 5.26 Å². The first-order valence-electron chi connectivity index (χ1n) is 7.39. The van der Waals surface area contributed by atoms with Gasteiger partial charge in [0.25, 0.3) is 0 Å². The van der Waals surface area contributed by atoms with E-state index in [0.717, 1.165) is 25.8 Å². The molecule has 0 aromatic rings. The minimum absolute atomic E-state index is 0.193. The van der Waals surface area contributed by atoms with Crippen molar-refractivity contribution in [3.8, 4) is 6.07 Å². The zero-order valence-corrected chi connectivity index (χ0v) is 11.9. The van der Waals surface area contributed by atoms with E-state index in [2.05, 4.69) is 17.9 Å². The average Bonchev–Trinajstić information content (AvgIpc) is 2.98. The molecular formula is C14H21N3O3. The Morgan fingerprint density at radius 1 is 1.45 bits per heavy atom. The Bertz CT molecular complexity index is 430. The van der Waals surface area contributed by atoms with Gasteiger partial charge in [-0.1, -0.05) is 13.3 Å². The lowest BCUT2D eigenvalue weighted by atomic mass is 9.95. The number of nitriles is 1. The third kappa shape index (κ3) is 2.05. The van der Waals surface area contributed by atoms with Crippen molar-refractivity contribution < 1.29 is 14.3 Å². The molecule has 1 amide bonds. The predicted octanol–water partition coefficient (Wildman–Crippen LogP) is 0.974. The Balaban J connectivity index is 1.56. The fourth-order valence-corrected chi connectivity index (χ4v) is 3.39. The highest BCUT2D eigenvalue weighted by atomic mass is 16.6. The fourth-order valence-electron chi connectivity index (χ4n) is 3.39. The van der Waals surface area contributed by atoms with E-state index in [0.29, 0.717) is 26.4 Å². The second kappa shape index (κ2) is 5.23. The van der Waals surface area contributed by atoms with Crippen molar-refractivity contribution in [2.24, 2.45) is 0 Å². The fraction of sp³-hybridized carbons (Fsp3) is 0.857. The minimum atomic E-state index is -0.447. The van der Waals surface area contributed by atoms with Gasteiger partial charge < -0.3 is 14.4 Å². The number of hydrogen-bond acceptors (Lipinski definition) is 5. The van der Waals surface area contributed by atoms with E-state index in [1.165, 1.54) is 0 Å². The molecule has 3 fully saturated rings. The lowest BCUT2D eigenvalue weighted by Gasteiger charge is -2.47. The molecule has 2 atom stereocenters. The van der Waals surface area contributed by atoms with Crippen LogP contribution in [0.25, 0.3) is 0 Å². The van der Waals surface area contributed by atoms with Crippen molar-refractivity contribution in [3.63, 3.8) is 0 Å². The van der Waals surface area contributed by atoms with Crippen LogP contribution in [0.1, 0.15) is 26.2 Å². The van der Waals surface area contributed by atoms with Gasteiger partial charge in [-0.05, 0) is 12.8 Å². The normalized spacial score (nSPS) is 30.9. The highest BCUT2D eigenvalue weighted by Gasteiger charge is 2.56. The number of fused-ring (bicyclic) bond motifs is 2. The molecule has 0 aliphatic carbocycles. The summed E-state index contributed by atoms with van der Waals surface area (Å²) >= 11 is 0. The highest BCUT2D eigenvalue weighted by molar-refractivity contribution is 5.69. The number of likely N-dealkylation sites (tertiary alicyclic amines) is 2. The van der Waals surface area contributed by atoms with E-state index in [1.54, 1.807) is 0 Å². The van der Waals surface area contributed by atoms with Gasteiger partial charge in [-0.3, -0.25) is 4.90 Å². The zero-order chi connectivity index (χ0) is 14.2. The monoisotopic (exact) mass is 279 g/mol. The first-order chi connectivity index (χ1) is 9.70. The first kappa shape index (κ1) is 13.7. The summed E-state index contributed by atoms with van der Waals surface area (Å²) in [6, 6.07) is 2.87. The van der Waals surface area contributed by atoms with Crippen LogP contribution in [-0.4, -0.2) is 66.4 Å². The van der Waals surface area contributed by atoms with E-state index in [1.807, 2.05) is 4.90 Å². The second-order valence-corrected chi connectivity index (χ2v) is 5.95. The topological polar surface area (TPSA) is 65.8 Å². The number of piperazine rings is 1. The van der Waals surface area contributed by atoms with Crippen LogP contribution in [0.4, 0.5) is 4.79 Å². The van der Waals surface area contributed by atoms with Crippen molar-refractivity contribution >= 4 is 6.09 Å². The molecule has 0 aromatic carbocycles. The quantitative estimate of drug-likeness (QED) is 0.718. The van der Waals surface area contributed by atoms with Crippen LogP contribution in [0, 0.1) is 11.3 Å². The molecule has 0 spiro atoms. The van der Waals surface area contributed by atoms with Crippen LogP contribution in [0.15, 0.2) is 0 Å². The molecule has 3 aliphatic heterocycles. The molecule has 20 heavy (non-hydrogen) atoms. The summed E-state index contributed by atoms with van der Waals surface area (Å²) in [4.78, 5) is 16.1. The van der Waals surface area contributed by atoms with Gasteiger partial charge in [0.1, 0.15) is 0 Å². The van der Waals surface area contributed by atoms with Crippen molar-refractivity contribution in [1.82, 2.24) is 9.80 Å². The van der Waals surface area contributed by atoms with Crippen LogP contribution >= 0.6 is 0 Å². The molecule has 2 unspecified atom stereocenters. The molecule has 0 N–H and O–H groups in total. The summed E-state index contributed by atoms with van der Waals surface area (Å²) in [6.45, 7) is 5.01. The van der Waals surface area contributed by atoms with Crippen LogP contribution in [-0.2, 0) is 9.47 Å². The third-order valence-electron chi connectivity index (χ3n) is 4.64. The van der Waals surface area contributed by atoms with Crippen LogP contribution in [0.5, 0.6) is 0 Å². The predicted molar refractivity (Wildman–Crippen MR) is 71.0 cm³/mol. The van der Waals surface area contributed by atoms with Gasteiger partial charge in [-0.2, -0.15) is 5.26 Å². The largest absolute Gasteiger partial charge is 0.449 e. The molecule has 3 heterocycles. The SMILES string of the molecule is CCCCOC(=O)N1CC2CC1CN2C1(C#N)COC1. The summed E-state index contributed by atoms with van der Waals surface area (Å²) in [5.74, 6) is 0. The molecule has 6 nitrogen and oxygen atoms in total. The van der Waals surface area contributed by atoms with E-state index in [4.69, 9.17) is 9.47 Å². The maximum Gasteiger partial charge on any atom is 0.410 e. The van der Waals surface area contributed by atoms with Gasteiger partial charge in [0.15, 0.2) is 5.54 Å². The molecule has 0 radical (unpaired) electrons. The maximum absolute atomic E-state index is 12.0. The molecule has 3 rings (SSSR count). The smallest absolute Gasteiger partial charge is 0.410 e. The van der Waals surface area contributed by atoms with E-state index < -0.39 is 5.54 Å². The van der Waals surface area contributed by atoms with E-state index >= 15 is 0 Å². The number of rotatable bonds is 4. The van der Waals surface area contributed by atoms with E-state index in [-0.39, 0.29) is 18.2 Å². The summed E-state index contributed by atoms with van der Waals surface area (Å²) in [5, 5.41) is 9.37. The number of nitrogens with zero attached hydrogens (tertiary/aromatic N) is 3. The Labute approximate surface area is 119 Å². The molecular weight excluding hydrogens is 258 g/mol. The molecule has 110 valence electrons. The molecule has 3 aliphatic rings. The standard InChI is InChI=1S/C14H21N3O3/c1-2-3-4-20-13(18)16-6-12-5-11(16)7-17(12)14(8-15)9-19-10-14/h11-12H,2-7,9-10H2,1H3. The summed E-state index contributed by atoms with van der Waals surface area (Å²) in [7, 11) is 0. The first-order valence-corrected chi connectivity index (χ1v) is 7.39. The van der Waals surface area contributed by atoms with Gasteiger partial charge in [0.05, 0.1) is 25.9 Å². The number of hydrogen-bond donors (Lipinski definition) is 0. The highest BCUT2D eigenvalue weighted by Crippen LogP contribution is 2.38. The van der Waals surface area contributed by atoms with Crippen LogP contribution in [0.3, 0.4) is 0 Å². The Morgan fingerprint density at radius 2 is 2.25 bits per heavy atom. The minimum Gasteiger partial charge on any atom is -0.449 e. The molecule has 2 bridgehead atoms. The maximum atomic E-state index is 12.0. The number of ether oxygens (including phenoxy) is 2. The number of unbranched alkanes of at least 4 members (excludes halogenated alkanes) is 1. The lowest BCUT2D eigenvalue weighted by molar-refractivity contribution is -0.121. The van der Waals surface area contributed by atoms with Crippen molar-refractivity contribution in [3.05, 3.63) is 0 Å². The molecule has 0 aromatic heterocycles. The Hall–Kier alpha value is -1.32. The van der Waals surface area contributed by atoms with Crippen molar-refractivity contribution in [2.75, 3.05) is 32.9 Å². The van der Waals surface area contributed by atoms with Gasteiger partial charge in [0, 0.05) is 25.2 Å². The van der Waals surface area contributed by atoms with E-state index in [9.17, 15) is 10.1 Å². The number of amides is 1. The number of carbonyl (C=O) groups excluding carboxylic acids is 1. The van der Waals surface area contributed by atoms with Gasteiger partial charge in [0.2, 0.25) is 0 Å². The summed E-state index contributed by atoms with van der Waals surface area (Å²) < 4.78 is 10.5. The number of carbonyl (C=O) groups is 1. The zero-order valence-electron chi connectivity index (χ0n) is 11.9. The van der Waals surface area contributed by atoms with Crippen LogP contribution in [0.2, 0.25) is 0 Å².